The zero-order chi connectivity index (χ0) is 77.0. The van der Waals surface area contributed by atoms with Gasteiger partial charge in [0.1, 0.15) is 70.2 Å². The molecule has 0 aromatic rings. The summed E-state index contributed by atoms with van der Waals surface area (Å²) in [4.78, 5) is 69.5. The zero-order valence-electron chi connectivity index (χ0n) is 64.5. The molecule has 3 saturated carbocycles. The largest absolute Gasteiger partial charge is 0.478 e. The maximum atomic E-state index is 12.5. The number of methoxy groups -OCH3 is 4. The highest BCUT2D eigenvalue weighted by Gasteiger charge is 2.75. The molecule has 0 aromatic heterocycles. The van der Waals surface area contributed by atoms with Crippen LogP contribution in [0.4, 0.5) is 0 Å². The highest BCUT2D eigenvalue weighted by Crippen LogP contribution is 2.62. The third kappa shape index (κ3) is 26.5. The van der Waals surface area contributed by atoms with Gasteiger partial charge in [-0.3, -0.25) is 4.79 Å². The number of carboxylic acids is 1. The molecule has 586 valence electrons. The van der Waals surface area contributed by atoms with E-state index >= 15 is 0 Å². The van der Waals surface area contributed by atoms with Crippen LogP contribution in [0.1, 0.15) is 148 Å². The number of carboxylic acid groups (broad SMARTS) is 1. The van der Waals surface area contributed by atoms with E-state index in [9.17, 15) is 28.8 Å². The number of epoxide rings is 6. The minimum atomic E-state index is -1.00. The number of ketones is 1. The highest BCUT2D eigenvalue weighted by atomic mass is 16.7. The molecule has 9 fully saturated rings. The second-order valence-corrected chi connectivity index (χ2v) is 28.8. The van der Waals surface area contributed by atoms with Crippen molar-refractivity contribution in [2.75, 3.05) is 61.5 Å². The fourth-order valence-corrected chi connectivity index (χ4v) is 14.7. The summed E-state index contributed by atoms with van der Waals surface area (Å²) < 4.78 is 80.7. The maximum Gasteiger partial charge on any atom is 0.331 e. The predicted octanol–water partition coefficient (Wildman–Crippen LogP) is 14.0. The number of carbonyl (C=O) groups excluding carboxylic acids is 5. The Hall–Kier alpha value is -7.28. The van der Waals surface area contributed by atoms with E-state index < -0.39 is 29.8 Å². The van der Waals surface area contributed by atoms with Crippen LogP contribution in [-0.2, 0) is 95.1 Å². The van der Waals surface area contributed by atoms with Crippen LogP contribution >= 0.6 is 0 Å². The van der Waals surface area contributed by atoms with Gasteiger partial charge in [0.25, 0.3) is 0 Å². The van der Waals surface area contributed by atoms with Crippen molar-refractivity contribution in [1.29, 1.82) is 0 Å². The highest BCUT2D eigenvalue weighted by molar-refractivity contribution is 5.87. The minimum Gasteiger partial charge on any atom is -0.478 e. The van der Waals surface area contributed by atoms with Crippen LogP contribution in [-0.4, -0.2) is 191 Å². The summed E-state index contributed by atoms with van der Waals surface area (Å²) in [6.45, 7) is 28.1. The molecule has 9 aliphatic rings. The third-order valence-corrected chi connectivity index (χ3v) is 20.3. The number of ether oxygens (including phenoxy) is 14. The number of hydrogen-bond acceptors (Lipinski definition) is 20. The second-order valence-electron chi connectivity index (χ2n) is 28.8. The smallest absolute Gasteiger partial charge is 0.331 e. The molecule has 3 aliphatic carbocycles. The van der Waals surface area contributed by atoms with Gasteiger partial charge in [-0.1, -0.05) is 152 Å². The molecule has 21 nitrogen and oxygen atoms in total. The summed E-state index contributed by atoms with van der Waals surface area (Å²) >= 11 is 0. The molecule has 0 aromatic carbocycles. The molecule has 0 radical (unpaired) electrons. The van der Waals surface area contributed by atoms with Gasteiger partial charge in [-0.2, -0.15) is 0 Å². The van der Waals surface area contributed by atoms with Gasteiger partial charge in [-0.25, -0.2) is 24.0 Å². The monoisotopic (exact) mass is 1480 g/mol. The van der Waals surface area contributed by atoms with Crippen molar-refractivity contribution in [3.05, 3.63) is 181 Å². The molecule has 0 bridgehead atoms. The van der Waals surface area contributed by atoms with Gasteiger partial charge in [0.15, 0.2) is 5.78 Å². The Balaban J connectivity index is 0.000000275. The van der Waals surface area contributed by atoms with Crippen LogP contribution in [0.15, 0.2) is 181 Å². The van der Waals surface area contributed by atoms with Crippen molar-refractivity contribution < 1.29 is 100 Å². The lowest BCUT2D eigenvalue weighted by Crippen LogP contribution is -2.55. The van der Waals surface area contributed by atoms with E-state index in [0.29, 0.717) is 39.1 Å². The minimum absolute atomic E-state index is 0. The number of allylic oxidation sites excluding steroid dienone is 22. The van der Waals surface area contributed by atoms with Crippen molar-refractivity contribution in [2.45, 2.75) is 237 Å². The first-order valence-electron chi connectivity index (χ1n) is 36.6. The van der Waals surface area contributed by atoms with Gasteiger partial charge in [0.05, 0.1) is 63.0 Å². The number of aliphatic carboxylic acids is 1. The molecule has 0 amide bonds. The van der Waals surface area contributed by atoms with Crippen LogP contribution in [0, 0.1) is 17.8 Å². The van der Waals surface area contributed by atoms with E-state index in [4.69, 9.17) is 66.7 Å². The van der Waals surface area contributed by atoms with Crippen molar-refractivity contribution >= 4 is 35.6 Å². The van der Waals surface area contributed by atoms with E-state index in [2.05, 4.69) is 85.3 Å². The Morgan fingerprint density at radius 2 is 0.651 bits per heavy atom. The van der Waals surface area contributed by atoms with Gasteiger partial charge in [-0.05, 0) is 147 Å². The van der Waals surface area contributed by atoms with Crippen LogP contribution in [0.3, 0.4) is 0 Å². The van der Waals surface area contributed by atoms with E-state index in [1.807, 2.05) is 13.8 Å². The van der Waals surface area contributed by atoms with Crippen LogP contribution in [0.25, 0.3) is 0 Å². The quantitative estimate of drug-likeness (QED) is 0.0164. The number of rotatable bonds is 32. The van der Waals surface area contributed by atoms with E-state index in [-0.39, 0.29) is 120 Å². The Morgan fingerprint density at radius 1 is 0.396 bits per heavy atom. The first-order valence-corrected chi connectivity index (χ1v) is 36.6. The van der Waals surface area contributed by atoms with Crippen molar-refractivity contribution in [1.82, 2.24) is 0 Å². The van der Waals surface area contributed by atoms with Gasteiger partial charge in [0, 0.05) is 64.9 Å². The summed E-state index contributed by atoms with van der Waals surface area (Å²) in [5.74, 6) is -2.68. The molecule has 3 spiro atoms. The Bertz CT molecular complexity index is 3230. The van der Waals surface area contributed by atoms with Gasteiger partial charge in [-0.15, -0.1) is 0 Å². The molecule has 9 rings (SSSR count). The number of hydrogen-bond donors (Lipinski definition) is 1. The van der Waals surface area contributed by atoms with E-state index in [1.165, 1.54) is 67.2 Å². The van der Waals surface area contributed by atoms with Crippen molar-refractivity contribution in [3.63, 3.8) is 0 Å². The molecule has 6 saturated heterocycles. The van der Waals surface area contributed by atoms with E-state index in [0.717, 1.165) is 57.8 Å². The zero-order valence-corrected chi connectivity index (χ0v) is 64.5. The van der Waals surface area contributed by atoms with Crippen molar-refractivity contribution in [2.24, 2.45) is 17.8 Å². The standard InChI is InChI=1S/C27H36O7.C27H36O6.C26H34O7.C4H10O.CH4/c1-19(2)14-15-21-26(3,34-21)25-24(31-5)20(16-17-27(25)18-32-27)33-23(29)13-11-9-7-6-8-10-12-22(28)30-4;1-19(2)14-15-22-26(4,33-22)25-24(30-5)21(16-17-27(25)18-31-27)32-23(29)13-11-9-7-6-8-10-12-20(3)28;1-18(2)13-14-20-25(3,33-20)24-23(30-4)19(15-16-26(24)17-31-26)32-22(29)12-10-8-6-5-7-9-11-21(27)28;1-3-5-4-2;/h6-14,20-21,24-25H,15-18H2,1-5H3;6-14,21-22,24-25H,15-18H2,1-5H3;5-13,19-20,23-24H,14-17H2,1-4H3,(H,27,28);3-4H2,1-2H3;1H4/b2*8-6+,9-7+,12-10+,13-11+;7-5+,8-6+,11-9+,12-10+;;/t20-,21-,24-,25-,26+,27+;21-,22-,24-,25-,26+,27+;19-,20-,23-,24-,25+,26+;;/m111../s1. The molecule has 6 heterocycles. The third-order valence-electron chi connectivity index (χ3n) is 20.3. The fourth-order valence-electron chi connectivity index (χ4n) is 14.7. The topological polar surface area (TPSA) is 272 Å². The molecule has 106 heavy (non-hydrogen) atoms. The molecule has 0 unspecified atom stereocenters. The lowest BCUT2D eigenvalue weighted by atomic mass is 9.68. The Morgan fingerprint density at radius 3 is 0.868 bits per heavy atom. The number of esters is 4. The lowest BCUT2D eigenvalue weighted by Gasteiger charge is -2.42. The summed E-state index contributed by atoms with van der Waals surface area (Å²) in [5, 5.41) is 8.51. The SMILES string of the molecule is C.CCOCC.COC(=O)/C=C/C=C/C=C/C=C/C(=O)O[C@@H]1CC[C@]2(CO2)[C@@H]([C@@]2(C)O[C@@H]2CC=C(C)C)[C@@H]1OC.CO[C@@H]1[C@H](OC(=O)/C=C/C=C/C=C/C=C/C(=O)O)CC[C@]2(CO2)[C@H]1[C@@]1(C)O[C@@H]1CC=C(C)C.CO[C@@H]1[C@H](OC(=O)/C=C/C=C/C=C/C=C/C(C)=O)CC[C@]2(CO2)[C@H]1[C@@]1(C)O[C@@H]1CC=C(C)C. The molecule has 18 atom stereocenters. The average molecular weight is 1480 g/mol. The summed E-state index contributed by atoms with van der Waals surface area (Å²) in [6, 6.07) is 0. The average Bonchev–Trinajstić information content (AvgIpc) is 1.55. The molecule has 6 aliphatic heterocycles. The van der Waals surface area contributed by atoms with Crippen LogP contribution in [0.5, 0.6) is 0 Å². The van der Waals surface area contributed by atoms with Crippen molar-refractivity contribution in [3.8, 4) is 0 Å². The van der Waals surface area contributed by atoms with Gasteiger partial charge >= 0.3 is 29.8 Å². The summed E-state index contributed by atoms with van der Waals surface area (Å²) in [5.41, 5.74) is 1.99. The molecular formula is C85H120O21. The first-order chi connectivity index (χ1) is 50.1. The second kappa shape index (κ2) is 42.5. The van der Waals surface area contributed by atoms with E-state index in [1.54, 1.807) is 125 Å². The summed E-state index contributed by atoms with van der Waals surface area (Å²) in [7, 11) is 6.31. The molecule has 21 heteroatoms. The fraction of sp³-hybridized carbons (Fsp3) is 0.576. The number of carbonyl (C=O) groups is 6. The summed E-state index contributed by atoms with van der Waals surface area (Å²) in [6.07, 6.45) is 50.0. The van der Waals surface area contributed by atoms with Crippen LogP contribution < -0.4 is 0 Å². The Kier molecular flexibility index (Phi) is 35.8. The Labute approximate surface area is 629 Å². The first kappa shape index (κ1) is 89.3. The predicted molar refractivity (Wildman–Crippen MR) is 407 cm³/mol. The van der Waals surface area contributed by atoms with Crippen LogP contribution in [0.2, 0.25) is 0 Å². The maximum absolute atomic E-state index is 12.5. The molecular weight excluding hydrogens is 1360 g/mol. The molecule has 1 N–H and O–H groups in total. The van der Waals surface area contributed by atoms with Gasteiger partial charge in [0.2, 0.25) is 0 Å². The van der Waals surface area contributed by atoms with Gasteiger partial charge < -0.3 is 71.4 Å². The lowest BCUT2D eigenvalue weighted by molar-refractivity contribution is -0.167. The normalized spacial score (nSPS) is 33.8.